The van der Waals surface area contributed by atoms with Crippen LogP contribution in [0.4, 0.5) is 0 Å². The van der Waals surface area contributed by atoms with Gasteiger partial charge in [0.2, 0.25) is 0 Å². The van der Waals surface area contributed by atoms with Crippen LogP contribution < -0.4 is 9.47 Å². The van der Waals surface area contributed by atoms with E-state index in [9.17, 15) is 19.8 Å². The van der Waals surface area contributed by atoms with Gasteiger partial charge in [0.1, 0.15) is 28.4 Å². The molecule has 2 N–H and O–H groups in total. The Bertz CT molecular complexity index is 1720. The summed E-state index contributed by atoms with van der Waals surface area (Å²) in [6.45, 7) is 15.4. The van der Waals surface area contributed by atoms with Crippen molar-refractivity contribution >= 4 is 23.6 Å². The standard InChI is InChI=1S/C39H48O9/c1-20(2)11-10-16-37(8)17-15-23-29(40)27-30(41)28-33(45-9)25-19-26-36(6,7)48-38(34(25)42,18-14-22(5)35(43)44)39(26,28)47-32(27)24(31(23)46-37)13-12-21(3)4/h11-12,14-15,17,25-26,28,33,40H,10,13,16,18-19H2,1-9H3,(H,43,44)/b22-14-/t25-,26-,28+,33+,37+,38-,39-/m0/s1. The Kier molecular flexibility index (Phi) is 8.15. The van der Waals surface area contributed by atoms with Crippen LogP contribution in [0.3, 0.4) is 0 Å². The Morgan fingerprint density at radius 1 is 1.02 bits per heavy atom. The van der Waals surface area contributed by atoms with Gasteiger partial charge in [-0.2, -0.15) is 0 Å². The highest BCUT2D eigenvalue weighted by atomic mass is 16.6. The number of Topliss-reactive ketones (excluding diaryl/α,β-unsaturated/α-hetero) is 2. The molecule has 0 radical (unpaired) electrons. The van der Waals surface area contributed by atoms with Crippen LogP contribution in [-0.2, 0) is 25.5 Å². The second kappa shape index (κ2) is 11.4. The number of fused-ring (bicyclic) bond motifs is 2. The summed E-state index contributed by atoms with van der Waals surface area (Å²) in [7, 11) is 1.49. The number of phenols is 1. The summed E-state index contributed by atoms with van der Waals surface area (Å²) in [5.41, 5.74) is -1.39. The highest BCUT2D eigenvalue weighted by Gasteiger charge is 2.85. The van der Waals surface area contributed by atoms with E-state index >= 15 is 4.79 Å². The molecule has 3 aliphatic carbocycles. The molecule has 1 saturated heterocycles. The van der Waals surface area contributed by atoms with Gasteiger partial charge in [-0.1, -0.05) is 29.4 Å². The zero-order valence-corrected chi connectivity index (χ0v) is 29.5. The number of phenolic OH excluding ortho intramolecular Hbond substituents is 1. The van der Waals surface area contributed by atoms with Crippen molar-refractivity contribution in [3.63, 3.8) is 0 Å². The quantitative estimate of drug-likeness (QED) is 0.214. The molecule has 1 spiro atoms. The minimum atomic E-state index is -1.66. The lowest BCUT2D eigenvalue weighted by molar-refractivity contribution is -0.224. The minimum Gasteiger partial charge on any atom is -0.506 e. The summed E-state index contributed by atoms with van der Waals surface area (Å²) in [5.74, 6) is -3.41. The molecule has 1 aromatic carbocycles. The largest absolute Gasteiger partial charge is 0.506 e. The summed E-state index contributed by atoms with van der Waals surface area (Å²) in [6, 6.07) is 0. The van der Waals surface area contributed by atoms with Gasteiger partial charge in [0, 0.05) is 36.5 Å². The van der Waals surface area contributed by atoms with Gasteiger partial charge in [0.05, 0.1) is 23.2 Å². The van der Waals surface area contributed by atoms with Crippen LogP contribution in [-0.4, -0.2) is 63.4 Å². The molecule has 3 aliphatic heterocycles. The number of ketones is 2. The van der Waals surface area contributed by atoms with Gasteiger partial charge in [-0.25, -0.2) is 4.79 Å². The van der Waals surface area contributed by atoms with Crippen molar-refractivity contribution in [2.45, 2.75) is 116 Å². The van der Waals surface area contributed by atoms with Gasteiger partial charge in [-0.05, 0) is 93.2 Å². The second-order valence-electron chi connectivity index (χ2n) is 15.5. The fourth-order valence-corrected chi connectivity index (χ4v) is 9.04. The van der Waals surface area contributed by atoms with E-state index in [1.165, 1.54) is 25.7 Å². The third-order valence-corrected chi connectivity index (χ3v) is 11.3. The van der Waals surface area contributed by atoms with Gasteiger partial charge in [0.25, 0.3) is 0 Å². The lowest BCUT2D eigenvalue weighted by Crippen LogP contribution is -2.80. The van der Waals surface area contributed by atoms with E-state index in [1.807, 2.05) is 52.8 Å². The van der Waals surface area contributed by atoms with E-state index in [4.69, 9.17) is 18.9 Å². The van der Waals surface area contributed by atoms with Crippen molar-refractivity contribution in [3.05, 3.63) is 57.7 Å². The van der Waals surface area contributed by atoms with Crippen LogP contribution in [0.1, 0.15) is 103 Å². The van der Waals surface area contributed by atoms with Crippen molar-refractivity contribution in [1.82, 2.24) is 0 Å². The average molecular weight is 661 g/mol. The number of allylic oxidation sites excluding steroid dienone is 4. The molecular weight excluding hydrogens is 612 g/mol. The number of rotatable bonds is 9. The molecule has 9 heteroatoms. The second-order valence-corrected chi connectivity index (χ2v) is 15.5. The summed E-state index contributed by atoms with van der Waals surface area (Å²) in [6.07, 6.45) is 10.8. The molecule has 0 unspecified atom stereocenters. The van der Waals surface area contributed by atoms with Gasteiger partial charge >= 0.3 is 5.97 Å². The third kappa shape index (κ3) is 4.75. The van der Waals surface area contributed by atoms with Crippen molar-refractivity contribution < 1.29 is 43.5 Å². The summed E-state index contributed by atoms with van der Waals surface area (Å²) in [4.78, 5) is 41.6. The van der Waals surface area contributed by atoms with E-state index in [2.05, 4.69) is 19.9 Å². The first-order valence-corrected chi connectivity index (χ1v) is 16.9. The number of methoxy groups -OCH3 is 1. The Morgan fingerprint density at radius 2 is 1.71 bits per heavy atom. The molecule has 9 nitrogen and oxygen atoms in total. The van der Waals surface area contributed by atoms with Crippen LogP contribution >= 0.6 is 0 Å². The molecule has 7 atom stereocenters. The monoisotopic (exact) mass is 660 g/mol. The van der Waals surface area contributed by atoms with Gasteiger partial charge in [-0.15, -0.1) is 0 Å². The number of carboxylic acid groups (broad SMARTS) is 1. The summed E-state index contributed by atoms with van der Waals surface area (Å²) < 4.78 is 26.8. The van der Waals surface area contributed by atoms with E-state index < -0.39 is 52.2 Å². The number of aromatic hydroxyl groups is 1. The molecule has 3 heterocycles. The average Bonchev–Trinajstić information content (AvgIpc) is 3.14. The van der Waals surface area contributed by atoms with Crippen LogP contribution in [0, 0.1) is 17.8 Å². The zero-order chi connectivity index (χ0) is 35.1. The SMILES string of the molecule is CO[C@@H]1[C@@H]2C[C@H]3C(C)(C)O[C@@](C/C=C(/C)C(=O)O)(C2=O)[C@]32Oc3c(CC=C(C)C)c4c(c(O)c3C(=O)[C@H]12)C=C[C@@](C)(CCC=C(C)C)O4. The lowest BCUT2D eigenvalue weighted by Gasteiger charge is -2.62. The first-order chi connectivity index (χ1) is 22.4. The van der Waals surface area contributed by atoms with E-state index in [-0.39, 0.29) is 40.6 Å². The first-order valence-electron chi connectivity index (χ1n) is 16.9. The molecule has 0 aromatic heterocycles. The normalized spacial score (nSPS) is 33.6. The van der Waals surface area contributed by atoms with Crippen molar-refractivity contribution in [2.75, 3.05) is 7.11 Å². The number of aliphatic carboxylic acids is 1. The smallest absolute Gasteiger partial charge is 0.330 e. The molecule has 1 aromatic rings. The first kappa shape index (κ1) is 34.2. The predicted molar refractivity (Wildman–Crippen MR) is 180 cm³/mol. The molecule has 4 bridgehead atoms. The number of hydrogen-bond acceptors (Lipinski definition) is 8. The molecule has 3 saturated carbocycles. The Balaban J connectivity index is 1.61. The predicted octanol–water partition coefficient (Wildman–Crippen LogP) is 6.94. The molecular formula is C39H48O9. The number of hydrogen-bond donors (Lipinski definition) is 2. The fraction of sp³-hybridized carbons (Fsp3) is 0.564. The molecule has 7 rings (SSSR count). The van der Waals surface area contributed by atoms with E-state index in [0.29, 0.717) is 36.1 Å². The molecule has 48 heavy (non-hydrogen) atoms. The van der Waals surface area contributed by atoms with Crippen molar-refractivity contribution in [1.29, 1.82) is 0 Å². The molecule has 6 aliphatic rings. The Hall–Kier alpha value is -3.69. The number of carbonyl (C=O) groups excluding carboxylic acids is 2. The number of carbonyl (C=O) groups is 3. The van der Waals surface area contributed by atoms with Crippen LogP contribution in [0.2, 0.25) is 0 Å². The Labute approximate surface area is 282 Å². The van der Waals surface area contributed by atoms with Gasteiger partial charge in [-0.3, -0.25) is 9.59 Å². The maximum atomic E-state index is 15.1. The Morgan fingerprint density at radius 3 is 2.33 bits per heavy atom. The van der Waals surface area contributed by atoms with Crippen LogP contribution in [0.25, 0.3) is 6.08 Å². The fourth-order valence-electron chi connectivity index (χ4n) is 9.04. The maximum absolute atomic E-state index is 15.1. The lowest BCUT2D eigenvalue weighted by atomic mass is 9.45. The molecule has 4 fully saturated rings. The zero-order valence-electron chi connectivity index (χ0n) is 29.5. The molecule has 0 amide bonds. The molecule has 258 valence electrons. The van der Waals surface area contributed by atoms with E-state index in [0.717, 1.165) is 12.0 Å². The number of benzene rings is 1. The number of ether oxygens (including phenoxy) is 4. The minimum absolute atomic E-state index is 0.0505. The maximum Gasteiger partial charge on any atom is 0.330 e. The highest BCUT2D eigenvalue weighted by Crippen LogP contribution is 2.70. The number of carboxylic acids is 1. The van der Waals surface area contributed by atoms with Gasteiger partial charge < -0.3 is 29.2 Å². The van der Waals surface area contributed by atoms with Gasteiger partial charge in [0.15, 0.2) is 22.8 Å². The highest BCUT2D eigenvalue weighted by molar-refractivity contribution is 6.10. The van der Waals surface area contributed by atoms with Crippen LogP contribution in [0.15, 0.2) is 41.0 Å². The third-order valence-electron chi connectivity index (χ3n) is 11.3. The van der Waals surface area contributed by atoms with Crippen molar-refractivity contribution in [2.24, 2.45) is 17.8 Å². The topological polar surface area (TPSA) is 129 Å². The van der Waals surface area contributed by atoms with E-state index in [1.54, 1.807) is 0 Å². The summed E-state index contributed by atoms with van der Waals surface area (Å²) in [5, 5.41) is 21.6. The van der Waals surface area contributed by atoms with Crippen LogP contribution in [0.5, 0.6) is 17.2 Å². The summed E-state index contributed by atoms with van der Waals surface area (Å²) >= 11 is 0. The van der Waals surface area contributed by atoms with Crippen molar-refractivity contribution in [3.8, 4) is 17.2 Å².